The fraction of sp³-hybridized carbons (Fsp3) is 0.571. The number of aliphatic hydroxyl groups is 1. The van der Waals surface area contributed by atoms with Gasteiger partial charge < -0.3 is 20.6 Å². The first-order valence-corrected chi connectivity index (χ1v) is 12.4. The number of thioether (sulfide) groups is 1. The van der Waals surface area contributed by atoms with Gasteiger partial charge in [0.1, 0.15) is 6.04 Å². The molecule has 0 saturated carbocycles. The van der Waals surface area contributed by atoms with Crippen LogP contribution in [-0.2, 0) is 14.4 Å². The number of aliphatic hydroxyl groups excluding tert-OH is 1. The lowest BCUT2D eigenvalue weighted by Gasteiger charge is -2.35. The molecular weight excluding hydrogens is 506 g/mol. The number of likely N-dealkylation sites (tertiary alicyclic amines) is 1. The maximum absolute atomic E-state index is 13.7. The quantitative estimate of drug-likeness (QED) is 0.490. The molecule has 3 aliphatic rings. The third kappa shape index (κ3) is 3.48. The Hall–Kier alpha value is -1.29. The van der Waals surface area contributed by atoms with Gasteiger partial charge in [0.15, 0.2) is 0 Å². The van der Waals surface area contributed by atoms with Crippen molar-refractivity contribution in [2.45, 2.75) is 40.6 Å². The monoisotopic (exact) mass is 529 g/mol. The number of hydrogen-bond donors (Lipinski definition) is 3. The van der Waals surface area contributed by atoms with E-state index in [9.17, 15) is 19.5 Å². The topological polar surface area (TPSA) is 98.7 Å². The number of halogens is 2. The molecule has 3 unspecified atom stereocenters. The molecule has 1 spiro atoms. The van der Waals surface area contributed by atoms with Crippen molar-refractivity contribution in [2.24, 2.45) is 11.8 Å². The van der Waals surface area contributed by atoms with E-state index in [-0.39, 0.29) is 41.0 Å². The van der Waals surface area contributed by atoms with Crippen LogP contribution in [0.15, 0.2) is 18.2 Å². The second-order valence-electron chi connectivity index (χ2n) is 8.31. The summed E-state index contributed by atoms with van der Waals surface area (Å²) in [5, 5.41) is 15.4. The number of nitrogens with one attached hydrogen (secondary N) is 2. The van der Waals surface area contributed by atoms with Gasteiger partial charge in [-0.15, -0.1) is 11.8 Å². The SMILES string of the molecule is CNC(=O)[C@H]1[C@@H]2SC3(CC2Br)C(C(=O)Nc2c(C)cccc2Cl)N(CCCO)C(=O)[C@H]13. The Morgan fingerprint density at radius 3 is 2.77 bits per heavy atom. The van der Waals surface area contributed by atoms with Crippen LogP contribution >= 0.6 is 39.3 Å². The number of aryl methyl sites for hydroxylation is 1. The van der Waals surface area contributed by atoms with Gasteiger partial charge in [0.05, 0.1) is 27.3 Å². The molecule has 4 rings (SSSR count). The molecule has 3 saturated heterocycles. The normalized spacial score (nSPS) is 33.5. The van der Waals surface area contributed by atoms with Crippen molar-refractivity contribution in [3.8, 4) is 0 Å². The van der Waals surface area contributed by atoms with Gasteiger partial charge in [0.2, 0.25) is 17.7 Å². The highest BCUT2D eigenvalue weighted by atomic mass is 79.9. The van der Waals surface area contributed by atoms with Gasteiger partial charge in [0.25, 0.3) is 0 Å². The summed E-state index contributed by atoms with van der Waals surface area (Å²) in [6.45, 7) is 2.03. The molecule has 3 heterocycles. The van der Waals surface area contributed by atoms with E-state index in [2.05, 4.69) is 26.6 Å². The predicted molar refractivity (Wildman–Crippen MR) is 125 cm³/mol. The molecule has 6 atom stereocenters. The molecule has 168 valence electrons. The first-order chi connectivity index (χ1) is 14.8. The molecule has 0 radical (unpaired) electrons. The number of nitrogens with zero attached hydrogens (tertiary/aromatic N) is 1. The summed E-state index contributed by atoms with van der Waals surface area (Å²) >= 11 is 11.6. The largest absolute Gasteiger partial charge is 0.396 e. The van der Waals surface area contributed by atoms with Crippen LogP contribution in [0.2, 0.25) is 5.02 Å². The van der Waals surface area contributed by atoms with Crippen molar-refractivity contribution in [3.05, 3.63) is 28.8 Å². The molecule has 1 aromatic carbocycles. The molecule has 1 aromatic rings. The fourth-order valence-electron chi connectivity index (χ4n) is 5.36. The molecule has 3 fully saturated rings. The maximum Gasteiger partial charge on any atom is 0.248 e. The Bertz CT molecular complexity index is 914. The number of carbonyl (C=O) groups excluding carboxylic acids is 3. The van der Waals surface area contributed by atoms with Crippen LogP contribution in [-0.4, -0.2) is 68.8 Å². The molecule has 0 aliphatic carbocycles. The maximum atomic E-state index is 13.7. The minimum atomic E-state index is -0.753. The number of anilines is 1. The summed E-state index contributed by atoms with van der Waals surface area (Å²) in [6, 6.07) is 4.63. The van der Waals surface area contributed by atoms with E-state index in [0.717, 1.165) is 5.56 Å². The third-order valence-corrected chi connectivity index (χ3v) is 10.1. The van der Waals surface area contributed by atoms with Gasteiger partial charge in [-0.1, -0.05) is 39.7 Å². The van der Waals surface area contributed by atoms with E-state index in [0.29, 0.717) is 23.6 Å². The number of hydrogen-bond acceptors (Lipinski definition) is 5. The standard InChI is InChI=1S/C21H25BrClN3O4S/c1-10-5-3-6-12(23)15(10)25-19(29)17-21-9-11(22)16(31-21)13(18(28)24-2)14(21)20(30)26(17)7-4-8-27/h3,5-6,11,13-14,16-17,27H,4,7-9H2,1-2H3,(H,24,28)(H,25,29)/t11?,13-,14+,16-,17?,21?/m1/s1. The highest BCUT2D eigenvalue weighted by Gasteiger charge is 2.75. The van der Waals surface area contributed by atoms with Gasteiger partial charge in [-0.25, -0.2) is 0 Å². The Morgan fingerprint density at radius 1 is 1.39 bits per heavy atom. The summed E-state index contributed by atoms with van der Waals surface area (Å²) in [5.74, 6) is -1.75. The zero-order chi connectivity index (χ0) is 22.5. The van der Waals surface area contributed by atoms with E-state index in [1.165, 1.54) is 0 Å². The molecular formula is C21H25BrClN3O4S. The van der Waals surface area contributed by atoms with Gasteiger partial charge in [-0.2, -0.15) is 0 Å². The van der Waals surface area contributed by atoms with Crippen LogP contribution in [0.5, 0.6) is 0 Å². The molecule has 10 heteroatoms. The van der Waals surface area contributed by atoms with Crippen LogP contribution in [0.25, 0.3) is 0 Å². The lowest BCUT2D eigenvalue weighted by molar-refractivity contribution is -0.139. The van der Waals surface area contributed by atoms with Crippen molar-refractivity contribution < 1.29 is 19.5 Å². The van der Waals surface area contributed by atoms with Gasteiger partial charge in [-0.05, 0) is 31.4 Å². The van der Waals surface area contributed by atoms with E-state index < -0.39 is 22.6 Å². The molecule has 7 nitrogen and oxygen atoms in total. The number of amides is 3. The number of para-hydroxylation sites is 1. The van der Waals surface area contributed by atoms with Crippen molar-refractivity contribution in [3.63, 3.8) is 0 Å². The zero-order valence-corrected chi connectivity index (χ0v) is 20.4. The Morgan fingerprint density at radius 2 is 2.13 bits per heavy atom. The first-order valence-electron chi connectivity index (χ1n) is 10.3. The van der Waals surface area contributed by atoms with Crippen LogP contribution < -0.4 is 10.6 Å². The van der Waals surface area contributed by atoms with Crippen LogP contribution in [0.1, 0.15) is 18.4 Å². The number of benzene rings is 1. The lowest BCUT2D eigenvalue weighted by Crippen LogP contribution is -2.53. The van der Waals surface area contributed by atoms with Gasteiger partial charge in [-0.3, -0.25) is 14.4 Å². The third-order valence-electron chi connectivity index (χ3n) is 6.61. The van der Waals surface area contributed by atoms with Gasteiger partial charge in [0, 0.05) is 30.3 Å². The summed E-state index contributed by atoms with van der Waals surface area (Å²) in [7, 11) is 1.57. The highest BCUT2D eigenvalue weighted by molar-refractivity contribution is 9.09. The summed E-state index contributed by atoms with van der Waals surface area (Å²) in [5.41, 5.74) is 1.35. The summed E-state index contributed by atoms with van der Waals surface area (Å²) in [4.78, 5) is 41.5. The summed E-state index contributed by atoms with van der Waals surface area (Å²) < 4.78 is -0.707. The number of carbonyl (C=O) groups is 3. The Kier molecular flexibility index (Phi) is 6.33. The predicted octanol–water partition coefficient (Wildman–Crippen LogP) is 2.18. The fourth-order valence-corrected chi connectivity index (χ4v) is 9.24. The zero-order valence-electron chi connectivity index (χ0n) is 17.2. The smallest absolute Gasteiger partial charge is 0.248 e. The van der Waals surface area contributed by atoms with E-state index in [4.69, 9.17) is 11.6 Å². The minimum Gasteiger partial charge on any atom is -0.396 e. The lowest BCUT2D eigenvalue weighted by atomic mass is 9.70. The minimum absolute atomic E-state index is 0.0268. The molecule has 3 N–H and O–H groups in total. The Labute approximate surface area is 198 Å². The van der Waals surface area contributed by atoms with Gasteiger partial charge >= 0.3 is 0 Å². The van der Waals surface area contributed by atoms with E-state index >= 15 is 0 Å². The van der Waals surface area contributed by atoms with Crippen molar-refractivity contribution in [1.82, 2.24) is 10.2 Å². The van der Waals surface area contributed by atoms with Crippen molar-refractivity contribution >= 4 is 62.7 Å². The second-order valence-corrected chi connectivity index (χ2v) is 11.4. The van der Waals surface area contributed by atoms with Crippen molar-refractivity contribution in [1.29, 1.82) is 0 Å². The van der Waals surface area contributed by atoms with Crippen molar-refractivity contribution in [2.75, 3.05) is 25.5 Å². The summed E-state index contributed by atoms with van der Waals surface area (Å²) in [6.07, 6.45) is 0.974. The van der Waals surface area contributed by atoms with Crippen LogP contribution in [0.4, 0.5) is 5.69 Å². The molecule has 31 heavy (non-hydrogen) atoms. The molecule has 2 bridgehead atoms. The molecule has 3 amide bonds. The number of rotatable bonds is 6. The van der Waals surface area contributed by atoms with E-state index in [1.54, 1.807) is 29.8 Å². The highest BCUT2D eigenvalue weighted by Crippen LogP contribution is 2.67. The van der Waals surface area contributed by atoms with Crippen LogP contribution in [0, 0.1) is 18.8 Å². The average Bonchev–Trinajstić information content (AvgIpc) is 3.32. The van der Waals surface area contributed by atoms with E-state index in [1.807, 2.05) is 19.1 Å². The van der Waals surface area contributed by atoms with Crippen LogP contribution in [0.3, 0.4) is 0 Å². The molecule has 0 aromatic heterocycles. The molecule has 3 aliphatic heterocycles. The first kappa shape index (κ1) is 22.9. The second kappa shape index (κ2) is 8.57. The number of fused-ring (bicyclic) bond motifs is 1. The number of alkyl halides is 1. The average molecular weight is 531 g/mol. The Balaban J connectivity index is 1.74.